The Labute approximate surface area is 201 Å². The van der Waals surface area contributed by atoms with Crippen molar-refractivity contribution >= 4 is 23.4 Å². The highest BCUT2D eigenvalue weighted by molar-refractivity contribution is 7.99. The predicted octanol–water partition coefficient (Wildman–Crippen LogP) is 3.92. The second-order valence-corrected chi connectivity index (χ2v) is 9.06. The van der Waals surface area contributed by atoms with Gasteiger partial charge in [-0.3, -0.25) is 19.7 Å². The lowest BCUT2D eigenvalue weighted by Gasteiger charge is -2.31. The van der Waals surface area contributed by atoms with E-state index in [1.54, 1.807) is 15.8 Å². The fourth-order valence-corrected chi connectivity index (χ4v) is 4.99. The number of carbonyl (C=O) groups excluding carboxylic acids is 1. The third-order valence-electron chi connectivity index (χ3n) is 5.78. The molecule has 9 heteroatoms. The Morgan fingerprint density at radius 3 is 2.65 bits per heavy atom. The van der Waals surface area contributed by atoms with E-state index in [0.29, 0.717) is 28.5 Å². The van der Waals surface area contributed by atoms with Gasteiger partial charge in [0.2, 0.25) is 11.1 Å². The van der Waals surface area contributed by atoms with Gasteiger partial charge in [0.25, 0.3) is 6.17 Å². The number of carbonyl (C=O) groups is 1. The highest BCUT2D eigenvalue weighted by Crippen LogP contribution is 2.39. The number of aromatic nitrogens is 5. The van der Waals surface area contributed by atoms with Crippen molar-refractivity contribution in [2.75, 3.05) is 10.7 Å². The van der Waals surface area contributed by atoms with E-state index in [4.69, 9.17) is 5.10 Å². The number of para-hydroxylation sites is 1. The van der Waals surface area contributed by atoms with Crippen LogP contribution in [0.4, 0.5) is 5.69 Å². The van der Waals surface area contributed by atoms with Crippen LogP contribution in [0.3, 0.4) is 0 Å². The molecule has 0 fully saturated rings. The molecule has 1 amide bonds. The monoisotopic (exact) mass is 473 g/mol. The molecule has 1 atom stereocenters. The summed E-state index contributed by atoms with van der Waals surface area (Å²) in [5, 5.41) is 12.8. The number of anilines is 1. The number of amides is 1. The lowest BCUT2D eigenvalue weighted by molar-refractivity contribution is -0.763. The van der Waals surface area contributed by atoms with E-state index in [0.717, 1.165) is 29.0 Å². The van der Waals surface area contributed by atoms with Crippen molar-refractivity contribution in [2.24, 2.45) is 0 Å². The topological polar surface area (TPSA) is 98.6 Å². The van der Waals surface area contributed by atoms with Crippen LogP contribution in [0.25, 0.3) is 22.5 Å². The number of hydrogen-bond donors (Lipinski definition) is 2. The first-order valence-electron chi connectivity index (χ1n) is 11.3. The summed E-state index contributed by atoms with van der Waals surface area (Å²) in [4.78, 5) is 31.4. The first-order valence-corrected chi connectivity index (χ1v) is 12.3. The van der Waals surface area contributed by atoms with Crippen molar-refractivity contribution in [1.82, 2.24) is 20.3 Å². The van der Waals surface area contributed by atoms with Gasteiger partial charge in [-0.2, -0.15) is 5.10 Å². The number of H-pyrrole nitrogens is 2. The van der Waals surface area contributed by atoms with Crippen LogP contribution in [-0.2, 0) is 4.79 Å². The minimum absolute atomic E-state index is 0.0688. The highest BCUT2D eigenvalue weighted by Gasteiger charge is 2.46. The average Bonchev–Trinajstić information content (AvgIpc) is 3.36. The first kappa shape index (κ1) is 22.1. The van der Waals surface area contributed by atoms with E-state index in [1.165, 1.54) is 11.8 Å². The predicted molar refractivity (Wildman–Crippen MR) is 131 cm³/mol. The summed E-state index contributed by atoms with van der Waals surface area (Å²) in [5.74, 6) is 0.753. The van der Waals surface area contributed by atoms with Gasteiger partial charge in [0.1, 0.15) is 0 Å². The molecule has 1 aliphatic rings. The van der Waals surface area contributed by atoms with Gasteiger partial charge in [-0.1, -0.05) is 68.1 Å². The fraction of sp³-hybridized carbons (Fsp3) is 0.240. The summed E-state index contributed by atoms with van der Waals surface area (Å²) in [6.45, 7) is 3.92. The van der Waals surface area contributed by atoms with Crippen LogP contribution in [0.1, 0.15) is 38.4 Å². The molecule has 0 bridgehead atoms. The van der Waals surface area contributed by atoms with Crippen molar-refractivity contribution in [3.05, 3.63) is 76.7 Å². The number of fused-ring (bicyclic) bond motifs is 3. The van der Waals surface area contributed by atoms with Crippen LogP contribution in [0.15, 0.2) is 70.7 Å². The van der Waals surface area contributed by atoms with Crippen LogP contribution in [0, 0.1) is 0 Å². The number of aromatic amines is 2. The Bertz CT molecular complexity index is 1400. The molecule has 5 rings (SSSR count). The summed E-state index contributed by atoms with van der Waals surface area (Å²) in [7, 11) is 0. The van der Waals surface area contributed by atoms with Gasteiger partial charge in [0.15, 0.2) is 0 Å². The smallest absolute Gasteiger partial charge is 0.291 e. The molecule has 1 aliphatic heterocycles. The molecule has 2 N–H and O–H groups in total. The molecule has 0 radical (unpaired) electrons. The minimum Gasteiger partial charge on any atom is -0.291 e. The zero-order valence-corrected chi connectivity index (χ0v) is 19.8. The molecule has 8 nitrogen and oxygen atoms in total. The SMILES string of the molecule is CCCSc1n[n+]2c(c(=O)[nH]1)-c1ccccc1N(C(=O)CC)C2c1cn[nH]c1-c1ccccc1. The Kier molecular flexibility index (Phi) is 6.02. The number of thioether (sulfide) groups is 1. The van der Waals surface area contributed by atoms with Crippen molar-refractivity contribution in [3.63, 3.8) is 0 Å². The van der Waals surface area contributed by atoms with Gasteiger partial charge in [0, 0.05) is 22.8 Å². The largest absolute Gasteiger partial charge is 0.325 e. The number of benzene rings is 2. The molecule has 172 valence electrons. The fourth-order valence-electron chi connectivity index (χ4n) is 4.28. The molecule has 2 aromatic carbocycles. The molecule has 0 spiro atoms. The Morgan fingerprint density at radius 1 is 1.12 bits per heavy atom. The summed E-state index contributed by atoms with van der Waals surface area (Å²) >= 11 is 1.49. The van der Waals surface area contributed by atoms with Crippen molar-refractivity contribution in [3.8, 4) is 22.5 Å². The zero-order chi connectivity index (χ0) is 23.7. The Morgan fingerprint density at radius 2 is 1.88 bits per heavy atom. The van der Waals surface area contributed by atoms with E-state index in [9.17, 15) is 9.59 Å². The van der Waals surface area contributed by atoms with E-state index in [2.05, 4.69) is 22.1 Å². The molecule has 0 saturated carbocycles. The quantitative estimate of drug-likeness (QED) is 0.327. The van der Waals surface area contributed by atoms with E-state index >= 15 is 0 Å². The summed E-state index contributed by atoms with van der Waals surface area (Å²) < 4.78 is 1.68. The lowest BCUT2D eigenvalue weighted by Crippen LogP contribution is -2.61. The van der Waals surface area contributed by atoms with Gasteiger partial charge >= 0.3 is 11.3 Å². The van der Waals surface area contributed by atoms with Crippen LogP contribution < -0.4 is 15.1 Å². The standard InChI is InChI=1S/C25H24N6O2S/c1-3-14-34-25-27-23(33)22-17-12-8-9-13-19(17)30(20(32)4-2)24(31(22)29-25)18-15-26-28-21(18)16-10-6-5-7-11-16/h5-13,15,24H,3-4,14H2,1-2H3,(H-,26,27,28,29,33)/p+1. The highest BCUT2D eigenvalue weighted by atomic mass is 32.2. The van der Waals surface area contributed by atoms with Gasteiger partial charge < -0.3 is 0 Å². The molecular weight excluding hydrogens is 448 g/mol. The third kappa shape index (κ3) is 3.71. The number of nitrogens with zero attached hydrogens (tertiary/aromatic N) is 4. The number of hydrogen-bond acceptors (Lipinski definition) is 5. The summed E-state index contributed by atoms with van der Waals surface area (Å²) in [6, 6.07) is 17.3. The third-order valence-corrected chi connectivity index (χ3v) is 6.85. The minimum atomic E-state index is -0.672. The first-order chi connectivity index (χ1) is 16.6. The molecule has 0 saturated heterocycles. The maximum absolute atomic E-state index is 13.4. The van der Waals surface area contributed by atoms with Crippen molar-refractivity contribution in [1.29, 1.82) is 0 Å². The van der Waals surface area contributed by atoms with Crippen LogP contribution in [0.2, 0.25) is 0 Å². The maximum Gasteiger partial charge on any atom is 0.325 e. The number of rotatable bonds is 6. The van der Waals surface area contributed by atoms with Crippen LogP contribution in [0.5, 0.6) is 0 Å². The normalized spacial score (nSPS) is 14.5. The number of nitrogens with one attached hydrogen (secondary N) is 2. The molecule has 1 unspecified atom stereocenters. The van der Waals surface area contributed by atoms with Crippen molar-refractivity contribution in [2.45, 2.75) is 38.0 Å². The van der Waals surface area contributed by atoms with E-state index in [1.807, 2.05) is 61.5 Å². The Balaban J connectivity index is 1.81. The van der Waals surface area contributed by atoms with Crippen molar-refractivity contribution < 1.29 is 9.48 Å². The molecule has 0 aliphatic carbocycles. The van der Waals surface area contributed by atoms with E-state index in [-0.39, 0.29) is 11.5 Å². The molecule has 3 heterocycles. The molecule has 4 aromatic rings. The van der Waals surface area contributed by atoms with Gasteiger partial charge in [-0.15, -0.1) is 0 Å². The van der Waals surface area contributed by atoms with Crippen LogP contribution in [-0.4, -0.2) is 31.9 Å². The second kappa shape index (κ2) is 9.26. The Hall–Kier alpha value is -3.72. The lowest BCUT2D eigenvalue weighted by atomic mass is 9.99. The molecule has 2 aromatic heterocycles. The second-order valence-electron chi connectivity index (χ2n) is 7.98. The van der Waals surface area contributed by atoms with Crippen LogP contribution >= 0.6 is 11.8 Å². The maximum atomic E-state index is 13.4. The van der Waals surface area contributed by atoms with Gasteiger partial charge in [-0.25, -0.2) is 4.90 Å². The zero-order valence-electron chi connectivity index (χ0n) is 19.0. The van der Waals surface area contributed by atoms with Gasteiger partial charge in [-0.05, 0) is 23.2 Å². The average molecular weight is 474 g/mol. The summed E-state index contributed by atoms with van der Waals surface area (Å²) in [6.07, 6.45) is 2.30. The molecule has 34 heavy (non-hydrogen) atoms. The van der Waals surface area contributed by atoms with E-state index < -0.39 is 6.17 Å². The van der Waals surface area contributed by atoms with Gasteiger partial charge in [0.05, 0.1) is 28.7 Å². The summed E-state index contributed by atoms with van der Waals surface area (Å²) in [5.41, 5.74) is 4.01. The molecular formula is C25H25N6O2S+.